The molecule has 0 radical (unpaired) electrons. The second-order valence-electron chi connectivity index (χ2n) is 7.27. The number of hydrogen-bond acceptors (Lipinski definition) is 4. The molecule has 1 aliphatic heterocycles. The maximum atomic E-state index is 13.9. The molecule has 0 bridgehead atoms. The summed E-state index contributed by atoms with van der Waals surface area (Å²) in [6.07, 6.45) is 2.52. The summed E-state index contributed by atoms with van der Waals surface area (Å²) in [4.78, 5) is 2.52. The Labute approximate surface area is 178 Å². The molecule has 2 aromatic rings. The summed E-state index contributed by atoms with van der Waals surface area (Å²) >= 11 is 6.49. The Bertz CT molecular complexity index is 802. The van der Waals surface area contributed by atoms with Gasteiger partial charge in [0.05, 0.1) is 11.6 Å². The highest BCUT2D eigenvalue weighted by Crippen LogP contribution is 2.37. The lowest BCUT2D eigenvalue weighted by Gasteiger charge is -2.23. The minimum atomic E-state index is -0.296. The van der Waals surface area contributed by atoms with E-state index in [2.05, 4.69) is 17.1 Å². The van der Waals surface area contributed by atoms with Gasteiger partial charge in [-0.3, -0.25) is 4.90 Å². The lowest BCUT2D eigenvalue weighted by Crippen LogP contribution is -2.37. The van der Waals surface area contributed by atoms with E-state index in [1.54, 1.807) is 18.2 Å². The van der Waals surface area contributed by atoms with Gasteiger partial charge in [-0.1, -0.05) is 36.7 Å². The quantitative estimate of drug-likeness (QED) is 0.584. The summed E-state index contributed by atoms with van der Waals surface area (Å²) in [6.45, 7) is 8.68. The zero-order valence-corrected chi connectivity index (χ0v) is 18.0. The first kappa shape index (κ1) is 21.9. The van der Waals surface area contributed by atoms with E-state index in [-0.39, 0.29) is 12.4 Å². The summed E-state index contributed by atoms with van der Waals surface area (Å²) in [5.41, 5.74) is 1.52. The third kappa shape index (κ3) is 5.84. The lowest BCUT2D eigenvalue weighted by molar-refractivity contribution is 0.259. The molecule has 6 heteroatoms. The van der Waals surface area contributed by atoms with E-state index >= 15 is 0 Å². The largest absolute Gasteiger partial charge is 0.490 e. The number of ether oxygens (including phenoxy) is 2. The van der Waals surface area contributed by atoms with Crippen LogP contribution >= 0.6 is 11.6 Å². The standard InChI is InChI=1S/C23H30ClFN2O2/c1-3-27-11-7-9-19(27)15-26-14-17-12-20(24)23(22(13-17)28-4-2)29-16-18-8-5-6-10-21(18)25/h5-6,8,10,12-13,19,26H,3-4,7,9,11,14-16H2,1-2H3/t19-/m1/s1. The molecule has 1 N–H and O–H groups in total. The second-order valence-corrected chi connectivity index (χ2v) is 7.68. The van der Waals surface area contributed by atoms with Crippen molar-refractivity contribution in [2.24, 2.45) is 0 Å². The smallest absolute Gasteiger partial charge is 0.180 e. The molecule has 3 rings (SSSR count). The van der Waals surface area contributed by atoms with Crippen molar-refractivity contribution in [3.05, 3.63) is 58.4 Å². The van der Waals surface area contributed by atoms with Crippen LogP contribution in [-0.2, 0) is 13.2 Å². The summed E-state index contributed by atoms with van der Waals surface area (Å²) in [5, 5.41) is 4.02. The van der Waals surface area contributed by atoms with Crippen LogP contribution in [0.5, 0.6) is 11.5 Å². The summed E-state index contributed by atoms with van der Waals surface area (Å²) in [6, 6.07) is 11.0. The molecule has 29 heavy (non-hydrogen) atoms. The third-order valence-corrected chi connectivity index (χ3v) is 5.59. The second kappa shape index (κ2) is 10.8. The predicted octanol–water partition coefficient (Wildman–Crippen LogP) is 5.03. The predicted molar refractivity (Wildman–Crippen MR) is 115 cm³/mol. The van der Waals surface area contributed by atoms with Crippen LogP contribution in [0.25, 0.3) is 0 Å². The zero-order chi connectivity index (χ0) is 20.6. The average Bonchev–Trinajstić information content (AvgIpc) is 3.16. The van der Waals surface area contributed by atoms with Gasteiger partial charge in [0.1, 0.15) is 12.4 Å². The molecular weight excluding hydrogens is 391 g/mol. The van der Waals surface area contributed by atoms with Crippen LogP contribution in [0.2, 0.25) is 5.02 Å². The number of benzene rings is 2. The van der Waals surface area contributed by atoms with Crippen molar-refractivity contribution in [2.75, 3.05) is 26.2 Å². The highest BCUT2D eigenvalue weighted by Gasteiger charge is 2.22. The van der Waals surface area contributed by atoms with Gasteiger partial charge in [0.2, 0.25) is 0 Å². The Morgan fingerprint density at radius 1 is 1.21 bits per heavy atom. The zero-order valence-electron chi connectivity index (χ0n) is 17.2. The molecule has 1 fully saturated rings. The van der Waals surface area contributed by atoms with Gasteiger partial charge >= 0.3 is 0 Å². The molecule has 1 aliphatic rings. The highest BCUT2D eigenvalue weighted by molar-refractivity contribution is 6.32. The fourth-order valence-corrected chi connectivity index (χ4v) is 4.11. The first-order chi connectivity index (χ1) is 14.1. The van der Waals surface area contributed by atoms with Crippen molar-refractivity contribution in [3.8, 4) is 11.5 Å². The molecule has 1 heterocycles. The van der Waals surface area contributed by atoms with Crippen LogP contribution in [0.4, 0.5) is 4.39 Å². The van der Waals surface area contributed by atoms with Gasteiger partial charge in [-0.25, -0.2) is 4.39 Å². The molecule has 2 aromatic carbocycles. The SMILES string of the molecule is CCOc1cc(CNC[C@H]2CCCN2CC)cc(Cl)c1OCc1ccccc1F. The van der Waals surface area contributed by atoms with Gasteiger partial charge in [-0.15, -0.1) is 0 Å². The Morgan fingerprint density at radius 3 is 2.79 bits per heavy atom. The minimum Gasteiger partial charge on any atom is -0.490 e. The van der Waals surface area contributed by atoms with Gasteiger partial charge in [-0.05, 0) is 56.6 Å². The van der Waals surface area contributed by atoms with E-state index in [0.717, 1.165) is 18.7 Å². The topological polar surface area (TPSA) is 33.7 Å². The molecule has 0 aliphatic carbocycles. The number of hydrogen-bond donors (Lipinski definition) is 1. The van der Waals surface area contributed by atoms with Crippen LogP contribution in [0.1, 0.15) is 37.8 Å². The van der Waals surface area contributed by atoms with Gasteiger partial charge in [0.25, 0.3) is 0 Å². The number of rotatable bonds is 10. The Morgan fingerprint density at radius 2 is 2.03 bits per heavy atom. The lowest BCUT2D eigenvalue weighted by atomic mass is 10.1. The van der Waals surface area contributed by atoms with E-state index < -0.39 is 0 Å². The molecule has 1 saturated heterocycles. The monoisotopic (exact) mass is 420 g/mol. The van der Waals surface area contributed by atoms with Crippen molar-refractivity contribution in [1.82, 2.24) is 10.2 Å². The van der Waals surface area contributed by atoms with E-state index in [1.165, 1.54) is 25.5 Å². The van der Waals surface area contributed by atoms with Crippen molar-refractivity contribution >= 4 is 11.6 Å². The van der Waals surface area contributed by atoms with E-state index in [9.17, 15) is 4.39 Å². The van der Waals surface area contributed by atoms with Gasteiger partial charge in [0, 0.05) is 24.7 Å². The first-order valence-corrected chi connectivity index (χ1v) is 10.8. The molecule has 158 valence electrons. The fourth-order valence-electron chi connectivity index (χ4n) is 3.82. The molecule has 0 unspecified atom stereocenters. The Hall–Kier alpha value is -1.82. The van der Waals surface area contributed by atoms with Crippen LogP contribution in [-0.4, -0.2) is 37.2 Å². The number of nitrogens with zero attached hydrogens (tertiary/aromatic N) is 1. The molecule has 0 spiro atoms. The maximum absolute atomic E-state index is 13.9. The molecule has 0 amide bonds. The molecular formula is C23H30ClFN2O2. The van der Waals surface area contributed by atoms with E-state index in [1.807, 2.05) is 19.1 Å². The highest BCUT2D eigenvalue weighted by atomic mass is 35.5. The van der Waals surface area contributed by atoms with Crippen LogP contribution in [0.3, 0.4) is 0 Å². The Balaban J connectivity index is 1.65. The number of nitrogens with one attached hydrogen (secondary N) is 1. The van der Waals surface area contributed by atoms with Crippen molar-refractivity contribution in [3.63, 3.8) is 0 Å². The van der Waals surface area contributed by atoms with Gasteiger partial charge < -0.3 is 14.8 Å². The number of likely N-dealkylation sites (N-methyl/N-ethyl adjacent to an activating group) is 1. The van der Waals surface area contributed by atoms with Gasteiger partial charge in [-0.2, -0.15) is 0 Å². The van der Waals surface area contributed by atoms with E-state index in [4.69, 9.17) is 21.1 Å². The minimum absolute atomic E-state index is 0.0958. The molecule has 4 nitrogen and oxygen atoms in total. The average molecular weight is 421 g/mol. The normalized spacial score (nSPS) is 16.9. The summed E-state index contributed by atoms with van der Waals surface area (Å²) in [5.74, 6) is 0.744. The van der Waals surface area contributed by atoms with Crippen molar-refractivity contribution < 1.29 is 13.9 Å². The van der Waals surface area contributed by atoms with Crippen LogP contribution in [0.15, 0.2) is 36.4 Å². The summed E-state index contributed by atoms with van der Waals surface area (Å²) < 4.78 is 25.5. The van der Waals surface area contributed by atoms with Gasteiger partial charge in [0.15, 0.2) is 11.5 Å². The molecule has 0 saturated carbocycles. The third-order valence-electron chi connectivity index (χ3n) is 5.31. The van der Waals surface area contributed by atoms with Crippen molar-refractivity contribution in [1.29, 1.82) is 0 Å². The number of likely N-dealkylation sites (tertiary alicyclic amines) is 1. The maximum Gasteiger partial charge on any atom is 0.180 e. The van der Waals surface area contributed by atoms with Crippen LogP contribution < -0.4 is 14.8 Å². The van der Waals surface area contributed by atoms with E-state index in [0.29, 0.717) is 41.3 Å². The Kier molecular flexibility index (Phi) is 8.16. The number of halogens is 2. The summed E-state index contributed by atoms with van der Waals surface area (Å²) in [7, 11) is 0. The first-order valence-electron chi connectivity index (χ1n) is 10.4. The van der Waals surface area contributed by atoms with Crippen LogP contribution in [0, 0.1) is 5.82 Å². The fraction of sp³-hybridized carbons (Fsp3) is 0.478. The molecule has 1 atom stereocenters. The van der Waals surface area contributed by atoms with Crippen molar-refractivity contribution in [2.45, 2.75) is 45.9 Å². The molecule has 0 aromatic heterocycles.